The molecule has 1 atom stereocenters. The zero-order chi connectivity index (χ0) is 25.6. The second-order valence-corrected chi connectivity index (χ2v) is 12.0. The zero-order valence-electron chi connectivity index (χ0n) is 19.7. The van der Waals surface area contributed by atoms with Gasteiger partial charge >= 0.3 is 5.97 Å². The minimum absolute atomic E-state index is 0.0490. The average Bonchev–Trinajstić information content (AvgIpc) is 2.84. The van der Waals surface area contributed by atoms with E-state index in [1.807, 2.05) is 13.0 Å². The van der Waals surface area contributed by atoms with Crippen LogP contribution in [0.2, 0.25) is 0 Å². The van der Waals surface area contributed by atoms with Crippen molar-refractivity contribution >= 4 is 26.0 Å². The molecule has 35 heavy (non-hydrogen) atoms. The Balaban J connectivity index is 1.69. The molecule has 8 nitrogen and oxygen atoms in total. The second-order valence-electron chi connectivity index (χ2n) is 8.13. The van der Waals surface area contributed by atoms with Crippen molar-refractivity contribution < 1.29 is 26.4 Å². The minimum Gasteiger partial charge on any atom is -0.462 e. The molecule has 1 N–H and O–H groups in total. The van der Waals surface area contributed by atoms with Crippen LogP contribution in [0.15, 0.2) is 88.7 Å². The third-order valence-corrected chi connectivity index (χ3v) is 8.66. The molecule has 0 spiro atoms. The van der Waals surface area contributed by atoms with E-state index in [1.165, 1.54) is 38.4 Å². The van der Waals surface area contributed by atoms with E-state index in [-0.39, 0.29) is 28.4 Å². The molecule has 1 unspecified atom stereocenters. The van der Waals surface area contributed by atoms with Gasteiger partial charge in [0.2, 0.25) is 20.0 Å². The van der Waals surface area contributed by atoms with Crippen molar-refractivity contribution in [1.29, 1.82) is 0 Å². The van der Waals surface area contributed by atoms with Crippen LogP contribution in [0.3, 0.4) is 0 Å². The molecule has 0 aliphatic rings. The van der Waals surface area contributed by atoms with Gasteiger partial charge in [0.1, 0.15) is 0 Å². The molecule has 3 aromatic carbocycles. The van der Waals surface area contributed by atoms with Crippen molar-refractivity contribution in [2.75, 3.05) is 20.7 Å². The second kappa shape index (κ2) is 11.1. The highest BCUT2D eigenvalue weighted by Gasteiger charge is 2.22. The smallest absolute Gasteiger partial charge is 0.338 e. The number of aryl methyl sites for hydroxylation is 1. The maximum Gasteiger partial charge on any atom is 0.338 e. The molecule has 10 heteroatoms. The molecular weight excluding hydrogens is 488 g/mol. The number of benzene rings is 3. The van der Waals surface area contributed by atoms with Gasteiger partial charge in [-0.1, -0.05) is 48.0 Å². The van der Waals surface area contributed by atoms with E-state index in [0.29, 0.717) is 0 Å². The van der Waals surface area contributed by atoms with Gasteiger partial charge in [0.05, 0.1) is 28.0 Å². The minimum atomic E-state index is -3.80. The molecule has 0 aliphatic heterocycles. The number of sulfonamides is 2. The fourth-order valence-corrected chi connectivity index (χ4v) is 5.44. The van der Waals surface area contributed by atoms with Gasteiger partial charge in [-0.3, -0.25) is 0 Å². The Hall–Kier alpha value is -3.05. The molecule has 3 rings (SSSR count). The van der Waals surface area contributed by atoms with Crippen LogP contribution in [0.25, 0.3) is 0 Å². The molecule has 0 saturated carbocycles. The van der Waals surface area contributed by atoms with Crippen LogP contribution >= 0.6 is 0 Å². The maximum absolute atomic E-state index is 12.9. The molecule has 0 fully saturated rings. The molecule has 0 heterocycles. The predicted molar refractivity (Wildman–Crippen MR) is 133 cm³/mol. The summed E-state index contributed by atoms with van der Waals surface area (Å²) < 4.78 is 59.4. The molecule has 186 valence electrons. The van der Waals surface area contributed by atoms with Crippen molar-refractivity contribution in [3.8, 4) is 0 Å². The number of ether oxygens (including phenoxy) is 1. The molecule has 0 aliphatic carbocycles. The summed E-state index contributed by atoms with van der Waals surface area (Å²) in [6.07, 6.45) is 0.202. The number of hydrogen-bond donors (Lipinski definition) is 1. The van der Waals surface area contributed by atoms with Gasteiger partial charge in [-0.15, -0.1) is 0 Å². The first-order valence-corrected chi connectivity index (χ1v) is 13.8. The van der Waals surface area contributed by atoms with Crippen LogP contribution in [0.1, 0.15) is 33.9 Å². The molecule has 3 aromatic rings. The highest BCUT2D eigenvalue weighted by molar-refractivity contribution is 7.89. The molecule has 0 amide bonds. The van der Waals surface area contributed by atoms with Crippen LogP contribution in [0, 0.1) is 6.92 Å². The highest BCUT2D eigenvalue weighted by atomic mass is 32.2. The number of carbonyl (C=O) groups excluding carboxylic acids is 1. The van der Waals surface area contributed by atoms with Crippen LogP contribution in [0.5, 0.6) is 0 Å². The van der Waals surface area contributed by atoms with Gasteiger partial charge in [-0.25, -0.2) is 30.7 Å². The first kappa shape index (κ1) is 26.6. The van der Waals surface area contributed by atoms with E-state index in [1.54, 1.807) is 48.5 Å². The van der Waals surface area contributed by atoms with Gasteiger partial charge in [0.15, 0.2) is 0 Å². The van der Waals surface area contributed by atoms with Gasteiger partial charge in [-0.2, -0.15) is 0 Å². The molecule has 0 aromatic heterocycles. The van der Waals surface area contributed by atoms with E-state index < -0.39 is 32.1 Å². The summed E-state index contributed by atoms with van der Waals surface area (Å²) in [5.41, 5.74) is 1.87. The Morgan fingerprint density at radius 1 is 0.857 bits per heavy atom. The summed E-state index contributed by atoms with van der Waals surface area (Å²) in [7, 11) is -4.56. The van der Waals surface area contributed by atoms with Crippen LogP contribution < -0.4 is 4.72 Å². The van der Waals surface area contributed by atoms with Crippen LogP contribution in [-0.4, -0.2) is 47.8 Å². The molecule has 0 bridgehead atoms. The van der Waals surface area contributed by atoms with Crippen molar-refractivity contribution in [3.63, 3.8) is 0 Å². The van der Waals surface area contributed by atoms with Gasteiger partial charge in [0.25, 0.3) is 0 Å². The monoisotopic (exact) mass is 516 g/mol. The van der Waals surface area contributed by atoms with Crippen molar-refractivity contribution in [2.45, 2.75) is 29.2 Å². The highest BCUT2D eigenvalue weighted by Crippen LogP contribution is 2.21. The van der Waals surface area contributed by atoms with E-state index in [0.717, 1.165) is 15.4 Å². The number of rotatable bonds is 10. The van der Waals surface area contributed by atoms with Crippen LogP contribution in [0.4, 0.5) is 0 Å². The largest absolute Gasteiger partial charge is 0.462 e. The number of hydrogen-bond acceptors (Lipinski definition) is 6. The first-order valence-electron chi connectivity index (χ1n) is 10.8. The van der Waals surface area contributed by atoms with Crippen molar-refractivity contribution in [1.82, 2.24) is 9.03 Å². The SMILES string of the molecule is Cc1ccc(S(=O)(=O)NC(CCOC(=O)c2ccc(S(=O)(=O)N(C)C)cc2)c2ccccc2)cc1. The van der Waals surface area contributed by atoms with E-state index >= 15 is 0 Å². The zero-order valence-corrected chi connectivity index (χ0v) is 21.3. The summed E-state index contributed by atoms with van der Waals surface area (Å²) in [6, 6.07) is 20.4. The van der Waals surface area contributed by atoms with Gasteiger partial charge in [0, 0.05) is 20.5 Å². The van der Waals surface area contributed by atoms with Gasteiger partial charge in [-0.05, 0) is 48.9 Å². The Morgan fingerprint density at radius 2 is 1.43 bits per heavy atom. The average molecular weight is 517 g/mol. The van der Waals surface area contributed by atoms with Crippen molar-refractivity contribution in [3.05, 3.63) is 95.6 Å². The van der Waals surface area contributed by atoms with E-state index in [4.69, 9.17) is 4.74 Å². The van der Waals surface area contributed by atoms with E-state index in [9.17, 15) is 21.6 Å². The summed E-state index contributed by atoms with van der Waals surface area (Å²) in [6.45, 7) is 1.83. The first-order chi connectivity index (χ1) is 16.5. The third kappa shape index (κ3) is 6.76. The Labute approximate surface area is 206 Å². The maximum atomic E-state index is 12.9. The van der Waals surface area contributed by atoms with Crippen LogP contribution in [-0.2, 0) is 24.8 Å². The summed E-state index contributed by atoms with van der Waals surface area (Å²) in [4.78, 5) is 12.7. The third-order valence-electron chi connectivity index (χ3n) is 5.34. The normalized spacial score (nSPS) is 12.9. The Bertz CT molecular complexity index is 1350. The number of carbonyl (C=O) groups is 1. The Kier molecular flexibility index (Phi) is 8.44. The lowest BCUT2D eigenvalue weighted by molar-refractivity contribution is 0.0492. The molecule has 0 radical (unpaired) electrons. The quantitative estimate of drug-likeness (QED) is 0.413. The topological polar surface area (TPSA) is 110 Å². The molecular formula is C25H28N2O6S2. The lowest BCUT2D eigenvalue weighted by atomic mass is 10.1. The summed E-state index contributed by atoms with van der Waals surface area (Å²) in [5.74, 6) is -0.632. The lowest BCUT2D eigenvalue weighted by Crippen LogP contribution is -2.30. The number of nitrogens with one attached hydrogen (secondary N) is 1. The predicted octanol–water partition coefficient (Wildman–Crippen LogP) is 3.51. The summed E-state index contributed by atoms with van der Waals surface area (Å²) >= 11 is 0. The number of esters is 1. The fraction of sp³-hybridized carbons (Fsp3) is 0.240. The summed E-state index contributed by atoms with van der Waals surface area (Å²) in [5, 5.41) is 0. The van der Waals surface area contributed by atoms with Crippen molar-refractivity contribution in [2.24, 2.45) is 0 Å². The van der Waals surface area contributed by atoms with Gasteiger partial charge < -0.3 is 4.74 Å². The van der Waals surface area contributed by atoms with E-state index in [2.05, 4.69) is 4.72 Å². The molecule has 0 saturated heterocycles. The Morgan fingerprint density at radius 3 is 2.00 bits per heavy atom. The lowest BCUT2D eigenvalue weighted by Gasteiger charge is -2.19. The fourth-order valence-electron chi connectivity index (χ4n) is 3.28. The standard InChI is InChI=1S/C25H28N2O6S2/c1-19-9-13-22(14-10-19)34(29,30)26-24(20-7-5-4-6-8-20)17-18-33-25(28)21-11-15-23(16-12-21)35(31,32)27(2)3/h4-16,24,26H,17-18H2,1-3H3. The number of nitrogens with zero attached hydrogens (tertiary/aromatic N) is 1.